The summed E-state index contributed by atoms with van der Waals surface area (Å²) < 4.78 is 0. The highest BCUT2D eigenvalue weighted by atomic mass is 14.9. The molecule has 336 valence electrons. The summed E-state index contributed by atoms with van der Waals surface area (Å²) in [5.74, 6) is 0.771. The average molecular weight is 859 g/mol. The highest BCUT2D eigenvalue weighted by Crippen LogP contribution is 2.57. The average Bonchev–Trinajstić information content (AvgIpc) is 3.61. The van der Waals surface area contributed by atoms with Crippen molar-refractivity contribution < 1.29 is 0 Å². The van der Waals surface area contributed by atoms with Gasteiger partial charge in [0, 0.05) is 22.1 Å². The van der Waals surface area contributed by atoms with Gasteiger partial charge in [-0.2, -0.15) is 0 Å². The van der Waals surface area contributed by atoms with Crippen molar-refractivity contribution in [2.45, 2.75) is 162 Å². The first kappa shape index (κ1) is 46.2. The Hall–Kier alpha value is -5.34. The monoisotopic (exact) mass is 859 g/mol. The van der Waals surface area contributed by atoms with Gasteiger partial charge in [0.25, 0.3) is 0 Å². The molecule has 1 aromatic heterocycles. The van der Waals surface area contributed by atoms with Crippen LogP contribution >= 0.6 is 0 Å². The van der Waals surface area contributed by atoms with Crippen LogP contribution in [-0.4, -0.2) is 9.97 Å². The second-order valence-corrected chi connectivity index (χ2v) is 19.5. The molecule has 2 nitrogen and oxygen atoms in total. The lowest BCUT2D eigenvalue weighted by molar-refractivity contribution is 0.398. The Bertz CT molecular complexity index is 2600. The SMILES string of the molecule is CCCCCCCCC1(CCCCCCCC)c2cc(-c3ccc(-c4cc(-c5ccc(C)cc5)nc(-c5ccc(CCCCCC)cc5)n4)cc3)ccc2-c2c1cc(C)c1ccccc21. The molecular formula is C63H74N2. The molecule has 0 fully saturated rings. The summed E-state index contributed by atoms with van der Waals surface area (Å²) in [5.41, 5.74) is 17.9. The Kier molecular flexibility index (Phi) is 15.8. The molecule has 0 N–H and O–H groups in total. The van der Waals surface area contributed by atoms with Gasteiger partial charge in [0.2, 0.25) is 0 Å². The van der Waals surface area contributed by atoms with Gasteiger partial charge in [-0.3, -0.25) is 0 Å². The number of hydrogen-bond acceptors (Lipinski definition) is 2. The topological polar surface area (TPSA) is 25.8 Å². The number of benzene rings is 6. The second-order valence-electron chi connectivity index (χ2n) is 19.5. The zero-order valence-electron chi connectivity index (χ0n) is 40.5. The Morgan fingerprint density at radius 2 is 0.923 bits per heavy atom. The van der Waals surface area contributed by atoms with Crippen LogP contribution in [-0.2, 0) is 11.8 Å². The van der Waals surface area contributed by atoms with Crippen LogP contribution in [0, 0.1) is 13.8 Å². The largest absolute Gasteiger partial charge is 0.228 e. The number of rotatable bonds is 23. The van der Waals surface area contributed by atoms with Crippen LogP contribution in [0.25, 0.3) is 66.9 Å². The maximum atomic E-state index is 5.25. The van der Waals surface area contributed by atoms with Gasteiger partial charge in [-0.05, 0) is 107 Å². The third-order valence-corrected chi connectivity index (χ3v) is 14.6. The Labute approximate surface area is 392 Å². The molecule has 7 aromatic rings. The molecule has 6 aromatic carbocycles. The van der Waals surface area contributed by atoms with Crippen molar-refractivity contribution >= 4 is 10.8 Å². The van der Waals surface area contributed by atoms with Crippen LogP contribution in [0.3, 0.4) is 0 Å². The zero-order chi connectivity index (χ0) is 45.0. The summed E-state index contributed by atoms with van der Waals surface area (Å²) in [7, 11) is 0. The van der Waals surface area contributed by atoms with E-state index >= 15 is 0 Å². The molecule has 8 rings (SSSR count). The zero-order valence-corrected chi connectivity index (χ0v) is 40.5. The summed E-state index contributed by atoms with van der Waals surface area (Å²) >= 11 is 0. The first-order valence-corrected chi connectivity index (χ1v) is 25.8. The molecule has 0 aliphatic heterocycles. The van der Waals surface area contributed by atoms with Crippen LogP contribution in [0.5, 0.6) is 0 Å². The molecule has 2 heteroatoms. The maximum Gasteiger partial charge on any atom is 0.160 e. The fourth-order valence-corrected chi connectivity index (χ4v) is 10.8. The highest BCUT2D eigenvalue weighted by Gasteiger charge is 2.43. The molecule has 65 heavy (non-hydrogen) atoms. The fourth-order valence-electron chi connectivity index (χ4n) is 10.8. The maximum absolute atomic E-state index is 5.25. The molecule has 0 saturated heterocycles. The second kappa shape index (κ2) is 22.2. The van der Waals surface area contributed by atoms with Gasteiger partial charge in [-0.25, -0.2) is 9.97 Å². The molecule has 0 bridgehead atoms. The lowest BCUT2D eigenvalue weighted by Crippen LogP contribution is -2.26. The summed E-state index contributed by atoms with van der Waals surface area (Å²) in [4.78, 5) is 10.4. The first-order chi connectivity index (χ1) is 31.9. The molecule has 0 unspecified atom stereocenters. The normalized spacial score (nSPS) is 12.8. The van der Waals surface area contributed by atoms with Crippen molar-refractivity contribution in [1.29, 1.82) is 0 Å². The van der Waals surface area contributed by atoms with Gasteiger partial charge in [-0.1, -0.05) is 238 Å². The van der Waals surface area contributed by atoms with Gasteiger partial charge in [0.05, 0.1) is 11.4 Å². The fraction of sp³-hybridized carbons (Fsp3) is 0.397. The Balaban J connectivity index is 1.15. The molecule has 1 aliphatic carbocycles. The third kappa shape index (κ3) is 10.7. The molecular weight excluding hydrogens is 785 g/mol. The number of unbranched alkanes of at least 4 members (excludes halogenated alkanes) is 13. The standard InChI is InChI=1S/C63H74N2/c1-6-9-12-15-17-22-41-63(42-23-18-16-13-10-7-2)57-44-53(39-40-56(57)61-55-26-21-20-25-54(55)47(5)43-58(61)63)49-35-37-51(38-36-49)60-45-59(50-31-27-46(4)28-32-50)64-62(65-60)52-33-29-48(30-34-52)24-19-14-11-8-3/h20-21,25-40,43-45H,6-19,22-24,41-42H2,1-5H3. The minimum atomic E-state index is 0.0158. The van der Waals surface area contributed by atoms with Crippen molar-refractivity contribution in [3.8, 4) is 56.2 Å². The lowest BCUT2D eigenvalue weighted by atomic mass is 9.69. The van der Waals surface area contributed by atoms with Gasteiger partial charge in [0.1, 0.15) is 0 Å². The van der Waals surface area contributed by atoms with Gasteiger partial charge < -0.3 is 0 Å². The van der Waals surface area contributed by atoms with Gasteiger partial charge in [0.15, 0.2) is 5.82 Å². The minimum absolute atomic E-state index is 0.0158. The van der Waals surface area contributed by atoms with E-state index in [-0.39, 0.29) is 5.41 Å². The lowest BCUT2D eigenvalue weighted by Gasteiger charge is -2.33. The third-order valence-electron chi connectivity index (χ3n) is 14.6. The van der Waals surface area contributed by atoms with E-state index in [2.05, 4.69) is 162 Å². The van der Waals surface area contributed by atoms with E-state index in [9.17, 15) is 0 Å². The van der Waals surface area contributed by atoms with Crippen molar-refractivity contribution in [1.82, 2.24) is 9.97 Å². The Morgan fingerprint density at radius 1 is 0.415 bits per heavy atom. The van der Waals surface area contributed by atoms with Gasteiger partial charge >= 0.3 is 0 Å². The summed E-state index contributed by atoms with van der Waals surface area (Å²) in [6, 6.07) is 48.3. The van der Waals surface area contributed by atoms with E-state index in [1.165, 1.54) is 165 Å². The summed E-state index contributed by atoms with van der Waals surface area (Å²) in [6.45, 7) is 11.4. The van der Waals surface area contributed by atoms with Crippen LogP contribution in [0.4, 0.5) is 0 Å². The molecule has 0 amide bonds. The predicted molar refractivity (Wildman–Crippen MR) is 281 cm³/mol. The van der Waals surface area contributed by atoms with E-state index in [1.807, 2.05) is 0 Å². The molecule has 1 aliphatic rings. The smallest absolute Gasteiger partial charge is 0.160 e. The van der Waals surface area contributed by atoms with Crippen molar-refractivity contribution in [3.63, 3.8) is 0 Å². The van der Waals surface area contributed by atoms with Crippen molar-refractivity contribution in [2.75, 3.05) is 0 Å². The van der Waals surface area contributed by atoms with Gasteiger partial charge in [-0.15, -0.1) is 0 Å². The van der Waals surface area contributed by atoms with Crippen molar-refractivity contribution in [2.24, 2.45) is 0 Å². The highest BCUT2D eigenvalue weighted by molar-refractivity contribution is 6.04. The number of hydrogen-bond donors (Lipinski definition) is 0. The van der Waals surface area contributed by atoms with E-state index < -0.39 is 0 Å². The van der Waals surface area contributed by atoms with Crippen LogP contribution in [0.15, 0.2) is 127 Å². The van der Waals surface area contributed by atoms with E-state index in [0.29, 0.717) is 0 Å². The van der Waals surface area contributed by atoms with Crippen LogP contribution in [0.1, 0.15) is 164 Å². The quantitative estimate of drug-likeness (QED) is 0.0599. The number of aromatic nitrogens is 2. The summed E-state index contributed by atoms with van der Waals surface area (Å²) in [5, 5.41) is 2.81. The van der Waals surface area contributed by atoms with Crippen molar-refractivity contribution in [3.05, 3.63) is 155 Å². The number of aryl methyl sites for hydroxylation is 3. The molecule has 0 saturated carbocycles. The van der Waals surface area contributed by atoms with Crippen LogP contribution in [0.2, 0.25) is 0 Å². The van der Waals surface area contributed by atoms with Crippen LogP contribution < -0.4 is 0 Å². The number of nitrogens with zero attached hydrogens (tertiary/aromatic N) is 2. The molecule has 1 heterocycles. The van der Waals surface area contributed by atoms with E-state index in [1.54, 1.807) is 11.1 Å². The molecule has 0 radical (unpaired) electrons. The minimum Gasteiger partial charge on any atom is -0.228 e. The van der Waals surface area contributed by atoms with E-state index in [0.717, 1.165) is 40.3 Å². The predicted octanol–water partition coefficient (Wildman–Crippen LogP) is 18.8. The summed E-state index contributed by atoms with van der Waals surface area (Å²) in [6.07, 6.45) is 24.5. The van der Waals surface area contributed by atoms with E-state index in [4.69, 9.17) is 9.97 Å². The molecule has 0 spiro atoms. The molecule has 0 atom stereocenters. The Morgan fingerprint density at radius 3 is 1.54 bits per heavy atom. The number of fused-ring (bicyclic) bond motifs is 5. The first-order valence-electron chi connectivity index (χ1n) is 25.8.